The van der Waals surface area contributed by atoms with Crippen molar-refractivity contribution < 1.29 is 14.3 Å². The summed E-state index contributed by atoms with van der Waals surface area (Å²) in [5.74, 6) is 1.08. The smallest absolute Gasteiger partial charge is 0.264 e. The quantitative estimate of drug-likeness (QED) is 0.238. The molecule has 5 nitrogen and oxygen atoms in total. The van der Waals surface area contributed by atoms with Crippen molar-refractivity contribution in [1.29, 1.82) is 0 Å². The average molecular weight is 635 g/mol. The van der Waals surface area contributed by atoms with Gasteiger partial charge in [-0.3, -0.25) is 4.79 Å². The molecule has 1 heterocycles. The van der Waals surface area contributed by atoms with Crippen molar-refractivity contribution in [3.63, 3.8) is 0 Å². The number of nitrogens with zero attached hydrogens (tertiary/aromatic N) is 1. The van der Waals surface area contributed by atoms with E-state index in [0.717, 1.165) is 26.9 Å². The standard InChI is InChI=1S/C25H20BrIN2O3S/c1-15-11-18(26)6-9-20(15)28-25-29-24(30)23(33-25)13-17-5-10-21(22(12-17)31-2)32-14-16-3-7-19(27)8-4-16/h3-13H,14H2,1-2H3,(H,28,29,30)/b23-13-. The molecule has 0 aromatic heterocycles. The molecule has 0 bridgehead atoms. The Morgan fingerprint density at radius 3 is 2.61 bits per heavy atom. The molecule has 33 heavy (non-hydrogen) atoms. The summed E-state index contributed by atoms with van der Waals surface area (Å²) in [6, 6.07) is 19.6. The molecule has 1 N–H and O–H groups in total. The van der Waals surface area contributed by atoms with Crippen molar-refractivity contribution in [1.82, 2.24) is 5.32 Å². The van der Waals surface area contributed by atoms with Crippen molar-refractivity contribution in [3.8, 4) is 11.5 Å². The summed E-state index contributed by atoms with van der Waals surface area (Å²) in [5.41, 5.74) is 3.76. The topological polar surface area (TPSA) is 59.9 Å². The Hall–Kier alpha value is -2.30. The lowest BCUT2D eigenvalue weighted by molar-refractivity contribution is -0.115. The van der Waals surface area contributed by atoms with Crippen LogP contribution in [0.1, 0.15) is 16.7 Å². The molecule has 0 saturated carbocycles. The monoisotopic (exact) mass is 634 g/mol. The number of hydrogen-bond acceptors (Lipinski definition) is 5. The first-order valence-corrected chi connectivity index (χ1v) is 12.7. The minimum atomic E-state index is -0.175. The van der Waals surface area contributed by atoms with Gasteiger partial charge in [0.1, 0.15) is 6.61 Å². The molecule has 1 amide bonds. The summed E-state index contributed by atoms with van der Waals surface area (Å²) in [6.45, 7) is 2.43. The Morgan fingerprint density at radius 2 is 1.88 bits per heavy atom. The van der Waals surface area contributed by atoms with E-state index in [2.05, 4.69) is 48.8 Å². The third-order valence-corrected chi connectivity index (χ3v) is 6.95. The molecule has 8 heteroatoms. The molecule has 3 aromatic carbocycles. The van der Waals surface area contributed by atoms with Crippen LogP contribution in [0.3, 0.4) is 0 Å². The summed E-state index contributed by atoms with van der Waals surface area (Å²) in [4.78, 5) is 17.6. The Balaban J connectivity index is 1.49. The summed E-state index contributed by atoms with van der Waals surface area (Å²) >= 11 is 7.04. The number of hydrogen-bond donors (Lipinski definition) is 1. The fraction of sp³-hybridized carbons (Fsp3) is 0.120. The van der Waals surface area contributed by atoms with Crippen LogP contribution in [-0.4, -0.2) is 18.2 Å². The van der Waals surface area contributed by atoms with E-state index in [4.69, 9.17) is 9.47 Å². The second kappa shape index (κ2) is 10.8. The van der Waals surface area contributed by atoms with Crippen molar-refractivity contribution in [3.05, 3.63) is 90.3 Å². The Bertz CT molecular complexity index is 1260. The van der Waals surface area contributed by atoms with E-state index in [-0.39, 0.29) is 5.91 Å². The van der Waals surface area contributed by atoms with Crippen LogP contribution < -0.4 is 14.8 Å². The van der Waals surface area contributed by atoms with Gasteiger partial charge in [-0.15, -0.1) is 0 Å². The van der Waals surface area contributed by atoms with Gasteiger partial charge in [0.05, 0.1) is 17.7 Å². The van der Waals surface area contributed by atoms with Gasteiger partial charge in [-0.1, -0.05) is 34.1 Å². The van der Waals surface area contributed by atoms with E-state index in [1.165, 1.54) is 15.3 Å². The third-order valence-electron chi connectivity index (χ3n) is 4.82. The first kappa shape index (κ1) is 23.8. The maximum atomic E-state index is 12.5. The SMILES string of the molecule is COc1cc(/C=C2\SC(=Nc3ccc(Br)cc3C)NC2=O)ccc1OCc1ccc(I)cc1. The number of carbonyl (C=O) groups excluding carboxylic acids is 1. The molecule has 0 radical (unpaired) electrons. The van der Waals surface area contributed by atoms with E-state index >= 15 is 0 Å². The van der Waals surface area contributed by atoms with Crippen LogP contribution >= 0.6 is 50.3 Å². The number of carbonyl (C=O) groups is 1. The number of methoxy groups -OCH3 is 1. The third kappa shape index (κ3) is 6.18. The highest BCUT2D eigenvalue weighted by molar-refractivity contribution is 14.1. The number of nitrogens with one attached hydrogen (secondary N) is 1. The fourth-order valence-electron chi connectivity index (χ4n) is 3.12. The number of aryl methyl sites for hydroxylation is 1. The summed E-state index contributed by atoms with van der Waals surface area (Å²) < 4.78 is 13.6. The average Bonchev–Trinajstić information content (AvgIpc) is 3.14. The molecular weight excluding hydrogens is 615 g/mol. The molecule has 168 valence electrons. The van der Waals surface area contributed by atoms with Crippen LogP contribution in [0.15, 0.2) is 75.0 Å². The number of thioether (sulfide) groups is 1. The summed E-state index contributed by atoms with van der Waals surface area (Å²) in [5, 5.41) is 3.39. The summed E-state index contributed by atoms with van der Waals surface area (Å²) in [7, 11) is 1.60. The zero-order valence-corrected chi connectivity index (χ0v) is 22.5. The molecule has 1 aliphatic rings. The molecule has 4 rings (SSSR count). The van der Waals surface area contributed by atoms with Crippen LogP contribution in [0.25, 0.3) is 6.08 Å². The minimum absolute atomic E-state index is 0.175. The van der Waals surface area contributed by atoms with Crippen LogP contribution in [0.4, 0.5) is 5.69 Å². The Kier molecular flexibility index (Phi) is 7.77. The lowest BCUT2D eigenvalue weighted by Gasteiger charge is -2.11. The van der Waals surface area contributed by atoms with Gasteiger partial charge in [-0.2, -0.15) is 0 Å². The predicted octanol–water partition coefficient (Wildman–Crippen LogP) is 6.84. The van der Waals surface area contributed by atoms with Gasteiger partial charge in [-0.05, 0) is 107 Å². The molecule has 1 fully saturated rings. The maximum Gasteiger partial charge on any atom is 0.264 e. The molecule has 1 saturated heterocycles. The van der Waals surface area contributed by atoms with Crippen LogP contribution in [0.2, 0.25) is 0 Å². The number of rotatable bonds is 6. The lowest BCUT2D eigenvalue weighted by Crippen LogP contribution is -2.19. The molecule has 1 aliphatic heterocycles. The van der Waals surface area contributed by atoms with E-state index in [1.54, 1.807) is 7.11 Å². The van der Waals surface area contributed by atoms with Gasteiger partial charge in [0.2, 0.25) is 0 Å². The Morgan fingerprint density at radius 1 is 1.09 bits per heavy atom. The highest BCUT2D eigenvalue weighted by atomic mass is 127. The van der Waals surface area contributed by atoms with Crippen LogP contribution in [0, 0.1) is 10.5 Å². The minimum Gasteiger partial charge on any atom is -0.493 e. The number of amides is 1. The molecule has 0 atom stereocenters. The van der Waals surface area contributed by atoms with E-state index < -0.39 is 0 Å². The lowest BCUT2D eigenvalue weighted by atomic mass is 10.2. The number of aliphatic imine (C=N–C) groups is 1. The normalized spacial score (nSPS) is 15.7. The van der Waals surface area contributed by atoms with Gasteiger partial charge in [0.25, 0.3) is 5.91 Å². The van der Waals surface area contributed by atoms with Gasteiger partial charge >= 0.3 is 0 Å². The molecule has 0 spiro atoms. The number of halogens is 2. The largest absolute Gasteiger partial charge is 0.493 e. The maximum absolute atomic E-state index is 12.5. The van der Waals surface area contributed by atoms with E-state index in [9.17, 15) is 4.79 Å². The second-order valence-corrected chi connectivity index (χ2v) is 10.4. The van der Waals surface area contributed by atoms with Crippen molar-refractivity contribution in [2.45, 2.75) is 13.5 Å². The van der Waals surface area contributed by atoms with Crippen LogP contribution in [-0.2, 0) is 11.4 Å². The highest BCUT2D eigenvalue weighted by Crippen LogP contribution is 2.33. The van der Waals surface area contributed by atoms with Crippen molar-refractivity contribution in [2.24, 2.45) is 4.99 Å². The molecular formula is C25H20BrIN2O3S. The van der Waals surface area contributed by atoms with Crippen molar-refractivity contribution >= 4 is 73.1 Å². The highest BCUT2D eigenvalue weighted by Gasteiger charge is 2.24. The fourth-order valence-corrected chi connectivity index (χ4v) is 4.79. The van der Waals surface area contributed by atoms with Crippen LogP contribution in [0.5, 0.6) is 11.5 Å². The number of ether oxygens (including phenoxy) is 2. The molecule has 0 aliphatic carbocycles. The number of benzene rings is 3. The first-order chi connectivity index (χ1) is 15.9. The van der Waals surface area contributed by atoms with Gasteiger partial charge in [0.15, 0.2) is 16.7 Å². The molecule has 0 unspecified atom stereocenters. The number of amidine groups is 1. The zero-order valence-electron chi connectivity index (χ0n) is 17.9. The van der Waals surface area contributed by atoms with E-state index in [0.29, 0.717) is 28.2 Å². The van der Waals surface area contributed by atoms with E-state index in [1.807, 2.05) is 73.7 Å². The Labute approximate surface area is 218 Å². The zero-order chi connectivity index (χ0) is 23.4. The van der Waals surface area contributed by atoms with Gasteiger partial charge in [-0.25, -0.2) is 4.99 Å². The van der Waals surface area contributed by atoms with Gasteiger partial charge < -0.3 is 14.8 Å². The first-order valence-electron chi connectivity index (χ1n) is 10.0. The van der Waals surface area contributed by atoms with Crippen molar-refractivity contribution in [2.75, 3.05) is 7.11 Å². The second-order valence-electron chi connectivity index (χ2n) is 7.24. The molecule has 3 aromatic rings. The van der Waals surface area contributed by atoms with Gasteiger partial charge in [0, 0.05) is 8.04 Å². The predicted molar refractivity (Wildman–Crippen MR) is 146 cm³/mol. The summed E-state index contributed by atoms with van der Waals surface area (Å²) in [6.07, 6.45) is 1.82.